The molecule has 124 valence electrons. The van der Waals surface area contributed by atoms with Gasteiger partial charge in [0.25, 0.3) is 0 Å². The molecular formula is C19H21N3OS. The quantitative estimate of drug-likeness (QED) is 0.932. The van der Waals surface area contributed by atoms with E-state index in [1.54, 1.807) is 11.8 Å². The average molecular weight is 339 g/mol. The lowest BCUT2D eigenvalue weighted by Gasteiger charge is -2.36. The molecule has 24 heavy (non-hydrogen) atoms. The van der Waals surface area contributed by atoms with Crippen LogP contribution in [-0.4, -0.2) is 39.7 Å². The first kappa shape index (κ1) is 14.7. The first-order chi connectivity index (χ1) is 11.7. The Morgan fingerprint density at radius 3 is 2.67 bits per heavy atom. The number of rotatable bonds is 3. The van der Waals surface area contributed by atoms with E-state index in [1.165, 1.54) is 24.1 Å². The number of aromatic nitrogens is 2. The van der Waals surface area contributed by atoms with E-state index in [0.29, 0.717) is 0 Å². The summed E-state index contributed by atoms with van der Waals surface area (Å²) in [7, 11) is 0. The number of anilines is 1. The highest BCUT2D eigenvalue weighted by Gasteiger charge is 2.37. The topological polar surface area (TPSA) is 49.3 Å². The Morgan fingerprint density at radius 2 is 1.96 bits per heavy atom. The van der Waals surface area contributed by atoms with E-state index in [9.17, 15) is 5.11 Å². The predicted molar refractivity (Wildman–Crippen MR) is 97.5 cm³/mol. The van der Waals surface area contributed by atoms with Gasteiger partial charge in [0.15, 0.2) is 0 Å². The summed E-state index contributed by atoms with van der Waals surface area (Å²) in [4.78, 5) is 12.0. The minimum absolute atomic E-state index is 0.656. The van der Waals surface area contributed by atoms with Crippen molar-refractivity contribution in [3.8, 4) is 11.3 Å². The Balaban J connectivity index is 1.61. The lowest BCUT2D eigenvalue weighted by molar-refractivity contribution is 0.0769. The fourth-order valence-corrected chi connectivity index (χ4v) is 4.66. The largest absolute Gasteiger partial charge is 0.383 e. The number of thioether (sulfide) groups is 1. The molecule has 0 radical (unpaired) electrons. The number of hydrogen-bond donors (Lipinski definition) is 1. The number of benzene rings is 1. The van der Waals surface area contributed by atoms with Gasteiger partial charge in [0.2, 0.25) is 5.95 Å². The average Bonchev–Trinajstić information content (AvgIpc) is 2.99. The third-order valence-electron chi connectivity index (χ3n) is 5.42. The van der Waals surface area contributed by atoms with Crippen LogP contribution in [0, 0.1) is 0 Å². The third kappa shape index (κ3) is 2.25. The molecule has 3 aliphatic rings. The van der Waals surface area contributed by atoms with Crippen molar-refractivity contribution in [2.45, 2.75) is 31.3 Å². The van der Waals surface area contributed by atoms with E-state index < -0.39 is 5.60 Å². The highest BCUT2D eigenvalue weighted by Crippen LogP contribution is 2.40. The second-order valence-electron chi connectivity index (χ2n) is 7.10. The molecule has 0 saturated carbocycles. The molecule has 4 nitrogen and oxygen atoms in total. The van der Waals surface area contributed by atoms with Crippen molar-refractivity contribution in [2.24, 2.45) is 0 Å². The van der Waals surface area contributed by atoms with Crippen LogP contribution in [0.25, 0.3) is 11.3 Å². The van der Waals surface area contributed by atoms with Gasteiger partial charge in [0.05, 0.1) is 5.69 Å². The van der Waals surface area contributed by atoms with Crippen molar-refractivity contribution < 1.29 is 5.11 Å². The van der Waals surface area contributed by atoms with Crippen LogP contribution in [-0.2, 0) is 18.4 Å². The third-order valence-corrected chi connectivity index (χ3v) is 6.78. The zero-order chi connectivity index (χ0) is 16.1. The predicted octanol–water partition coefficient (Wildman–Crippen LogP) is 2.78. The molecule has 2 aliphatic heterocycles. The molecule has 1 N–H and O–H groups in total. The fraction of sp³-hybridized carbons (Fsp3) is 0.474. The SMILES string of the molecule is OC1(c2cccc(-c3nc(N4CCC4)nc4c3CCC4)c2)CSC1. The lowest BCUT2D eigenvalue weighted by Crippen LogP contribution is -2.39. The van der Waals surface area contributed by atoms with Gasteiger partial charge in [0.1, 0.15) is 5.60 Å². The molecule has 2 aromatic rings. The van der Waals surface area contributed by atoms with E-state index in [2.05, 4.69) is 23.1 Å². The van der Waals surface area contributed by atoms with Crippen molar-refractivity contribution >= 4 is 17.7 Å². The zero-order valence-electron chi connectivity index (χ0n) is 13.7. The van der Waals surface area contributed by atoms with Crippen LogP contribution in [0.2, 0.25) is 0 Å². The summed E-state index contributed by atoms with van der Waals surface area (Å²) in [5.41, 5.74) is 5.11. The van der Waals surface area contributed by atoms with Crippen molar-refractivity contribution in [2.75, 3.05) is 29.5 Å². The van der Waals surface area contributed by atoms with Crippen LogP contribution in [0.1, 0.15) is 29.7 Å². The maximum atomic E-state index is 10.7. The van der Waals surface area contributed by atoms with Crippen molar-refractivity contribution in [3.05, 3.63) is 41.1 Å². The van der Waals surface area contributed by atoms with Gasteiger partial charge >= 0.3 is 0 Å². The van der Waals surface area contributed by atoms with E-state index in [1.807, 2.05) is 6.07 Å². The number of hydrogen-bond acceptors (Lipinski definition) is 5. The highest BCUT2D eigenvalue weighted by atomic mass is 32.2. The molecule has 3 heterocycles. The standard InChI is InChI=1S/C19H21N3OS/c23-19(11-24-12-19)14-5-1-4-13(10-14)17-15-6-2-7-16(15)20-18(21-17)22-8-3-9-22/h1,4-5,10,23H,2-3,6-9,11-12H2. The fourth-order valence-electron chi connectivity index (χ4n) is 3.73. The normalized spacial score (nSPS) is 21.1. The molecule has 2 saturated heterocycles. The van der Waals surface area contributed by atoms with Gasteiger partial charge in [-0.3, -0.25) is 0 Å². The Labute approximate surface area is 146 Å². The molecule has 1 aliphatic carbocycles. The Bertz CT molecular complexity index is 799. The number of fused-ring (bicyclic) bond motifs is 1. The van der Waals surface area contributed by atoms with Crippen molar-refractivity contribution in [3.63, 3.8) is 0 Å². The summed E-state index contributed by atoms with van der Waals surface area (Å²) in [5.74, 6) is 2.47. The Hall–Kier alpha value is -1.59. The molecule has 5 rings (SSSR count). The number of aliphatic hydroxyl groups is 1. The van der Waals surface area contributed by atoms with E-state index in [-0.39, 0.29) is 0 Å². The maximum Gasteiger partial charge on any atom is 0.226 e. The van der Waals surface area contributed by atoms with Gasteiger partial charge in [-0.25, -0.2) is 9.97 Å². The van der Waals surface area contributed by atoms with Crippen LogP contribution in [0.4, 0.5) is 5.95 Å². The van der Waals surface area contributed by atoms with Crippen LogP contribution in [0.15, 0.2) is 24.3 Å². The van der Waals surface area contributed by atoms with Crippen LogP contribution in [0.3, 0.4) is 0 Å². The van der Waals surface area contributed by atoms with Gasteiger partial charge in [-0.2, -0.15) is 11.8 Å². The second kappa shape index (κ2) is 5.46. The minimum Gasteiger partial charge on any atom is -0.383 e. The monoisotopic (exact) mass is 339 g/mol. The smallest absolute Gasteiger partial charge is 0.226 e. The molecule has 1 aromatic carbocycles. The van der Waals surface area contributed by atoms with Crippen LogP contribution < -0.4 is 4.90 Å². The molecule has 0 unspecified atom stereocenters. The molecule has 0 amide bonds. The van der Waals surface area contributed by atoms with Gasteiger partial charge in [-0.15, -0.1) is 0 Å². The first-order valence-electron chi connectivity index (χ1n) is 8.79. The van der Waals surface area contributed by atoms with Crippen molar-refractivity contribution in [1.29, 1.82) is 0 Å². The summed E-state index contributed by atoms with van der Waals surface area (Å²) in [6.45, 7) is 2.13. The minimum atomic E-state index is -0.656. The molecule has 1 aromatic heterocycles. The van der Waals surface area contributed by atoms with E-state index in [0.717, 1.165) is 60.2 Å². The Kier molecular flexibility index (Phi) is 3.35. The summed E-state index contributed by atoms with van der Waals surface area (Å²) >= 11 is 1.80. The van der Waals surface area contributed by atoms with Gasteiger partial charge in [-0.1, -0.05) is 18.2 Å². The second-order valence-corrected chi connectivity index (χ2v) is 8.08. The summed E-state index contributed by atoms with van der Waals surface area (Å²) in [6.07, 6.45) is 4.53. The summed E-state index contributed by atoms with van der Waals surface area (Å²) in [5, 5.41) is 10.7. The molecule has 0 spiro atoms. The lowest BCUT2D eigenvalue weighted by atomic mass is 9.93. The number of nitrogens with zero attached hydrogens (tertiary/aromatic N) is 3. The van der Waals surface area contributed by atoms with E-state index >= 15 is 0 Å². The van der Waals surface area contributed by atoms with E-state index in [4.69, 9.17) is 9.97 Å². The highest BCUT2D eigenvalue weighted by molar-refractivity contribution is 8.00. The molecular weight excluding hydrogens is 318 g/mol. The number of aryl methyl sites for hydroxylation is 1. The maximum absolute atomic E-state index is 10.7. The first-order valence-corrected chi connectivity index (χ1v) is 9.94. The Morgan fingerprint density at radius 1 is 1.08 bits per heavy atom. The molecule has 0 atom stereocenters. The van der Waals surface area contributed by atoms with Gasteiger partial charge in [-0.05, 0) is 37.3 Å². The van der Waals surface area contributed by atoms with Crippen LogP contribution >= 0.6 is 11.8 Å². The van der Waals surface area contributed by atoms with Crippen LogP contribution in [0.5, 0.6) is 0 Å². The summed E-state index contributed by atoms with van der Waals surface area (Å²) in [6, 6.07) is 8.36. The van der Waals surface area contributed by atoms with Gasteiger partial charge in [0, 0.05) is 41.4 Å². The molecule has 2 fully saturated rings. The van der Waals surface area contributed by atoms with Gasteiger partial charge < -0.3 is 10.0 Å². The molecule has 5 heteroatoms. The van der Waals surface area contributed by atoms with Crippen molar-refractivity contribution in [1.82, 2.24) is 9.97 Å². The molecule has 0 bridgehead atoms. The zero-order valence-corrected chi connectivity index (χ0v) is 14.5. The summed E-state index contributed by atoms with van der Waals surface area (Å²) < 4.78 is 0.